The summed E-state index contributed by atoms with van der Waals surface area (Å²) in [6, 6.07) is 9.59. The maximum absolute atomic E-state index is 11.7. The molecular weight excluding hydrogens is 304 g/mol. The number of aromatic nitrogens is 2. The molecule has 0 aliphatic heterocycles. The predicted octanol–water partition coefficient (Wildman–Crippen LogP) is 2.18. The van der Waals surface area contributed by atoms with Crippen LogP contribution in [-0.2, 0) is 6.42 Å². The molecule has 1 aromatic heterocycles. The molecule has 130 valence electrons. The summed E-state index contributed by atoms with van der Waals surface area (Å²) in [5, 5.41) is 19.2. The number of nitrogens with zero attached hydrogens (tertiary/aromatic N) is 2. The minimum atomic E-state index is -0.229. The number of hydrogen-bond donors (Lipinski definition) is 3. The van der Waals surface area contributed by atoms with Gasteiger partial charge in [-0.05, 0) is 43.9 Å². The van der Waals surface area contributed by atoms with E-state index in [9.17, 15) is 4.79 Å². The monoisotopic (exact) mass is 330 g/mol. The average molecular weight is 330 g/mol. The highest BCUT2D eigenvalue weighted by Crippen LogP contribution is 2.13. The lowest BCUT2D eigenvalue weighted by molar-refractivity contribution is 0.214. The molecule has 0 aliphatic carbocycles. The number of benzene rings is 1. The molecule has 2 aromatic rings. The van der Waals surface area contributed by atoms with E-state index in [2.05, 4.69) is 15.7 Å². The second kappa shape index (κ2) is 9.08. The van der Waals surface area contributed by atoms with Gasteiger partial charge in [0.1, 0.15) is 0 Å². The standard InChI is InChI=1S/C18H26N4O2/c1-3-16(13-23)20-18(24)19-11-7-8-15-12-22(21-14(15)2)17-9-5-4-6-10-17/h4-6,9-10,12,16,23H,3,7-8,11,13H2,1-2H3,(H2,19,20,24). The number of aliphatic hydroxyl groups excluding tert-OH is 1. The van der Waals surface area contributed by atoms with E-state index in [1.807, 2.05) is 55.1 Å². The molecule has 0 aliphatic rings. The Morgan fingerprint density at radius 2 is 2.08 bits per heavy atom. The molecule has 0 fully saturated rings. The third kappa shape index (κ3) is 5.09. The first-order chi connectivity index (χ1) is 11.6. The number of hydrogen-bond acceptors (Lipinski definition) is 3. The molecule has 1 unspecified atom stereocenters. The fourth-order valence-corrected chi connectivity index (χ4v) is 2.45. The van der Waals surface area contributed by atoms with E-state index in [0.29, 0.717) is 13.0 Å². The molecule has 1 aromatic carbocycles. The minimum absolute atomic E-state index is 0.0399. The van der Waals surface area contributed by atoms with E-state index < -0.39 is 0 Å². The van der Waals surface area contributed by atoms with E-state index in [4.69, 9.17) is 5.11 Å². The third-order valence-corrected chi connectivity index (χ3v) is 3.98. The number of aliphatic hydroxyl groups is 1. The predicted molar refractivity (Wildman–Crippen MR) is 94.3 cm³/mol. The summed E-state index contributed by atoms with van der Waals surface area (Å²) in [6.45, 7) is 4.47. The minimum Gasteiger partial charge on any atom is -0.394 e. The Morgan fingerprint density at radius 3 is 2.75 bits per heavy atom. The van der Waals surface area contributed by atoms with Crippen LogP contribution in [0.1, 0.15) is 31.0 Å². The maximum atomic E-state index is 11.7. The highest BCUT2D eigenvalue weighted by Gasteiger charge is 2.09. The summed E-state index contributed by atoms with van der Waals surface area (Å²) in [5.41, 5.74) is 3.23. The van der Waals surface area contributed by atoms with Crippen molar-refractivity contribution in [3.8, 4) is 5.69 Å². The zero-order valence-electron chi connectivity index (χ0n) is 14.3. The second-order valence-electron chi connectivity index (χ2n) is 5.81. The van der Waals surface area contributed by atoms with Gasteiger partial charge in [0.15, 0.2) is 0 Å². The molecule has 1 heterocycles. The summed E-state index contributed by atoms with van der Waals surface area (Å²) in [7, 11) is 0. The maximum Gasteiger partial charge on any atom is 0.315 e. The van der Waals surface area contributed by atoms with Crippen molar-refractivity contribution < 1.29 is 9.90 Å². The number of rotatable bonds is 8. The first kappa shape index (κ1) is 18.0. The Bertz CT molecular complexity index is 636. The van der Waals surface area contributed by atoms with Gasteiger partial charge in [0.25, 0.3) is 0 Å². The summed E-state index contributed by atoms with van der Waals surface area (Å²) in [5.74, 6) is 0. The molecule has 0 spiro atoms. The molecule has 0 saturated heterocycles. The first-order valence-corrected chi connectivity index (χ1v) is 8.39. The molecule has 3 N–H and O–H groups in total. The molecule has 6 heteroatoms. The van der Waals surface area contributed by atoms with E-state index in [-0.39, 0.29) is 18.7 Å². The highest BCUT2D eigenvalue weighted by atomic mass is 16.3. The van der Waals surface area contributed by atoms with Crippen molar-refractivity contribution in [2.24, 2.45) is 0 Å². The van der Waals surface area contributed by atoms with Crippen LogP contribution >= 0.6 is 0 Å². The molecule has 2 amide bonds. The summed E-state index contributed by atoms with van der Waals surface area (Å²) in [6.07, 6.45) is 4.45. The van der Waals surface area contributed by atoms with Crippen molar-refractivity contribution in [2.75, 3.05) is 13.2 Å². The Labute approximate surface area is 142 Å². The van der Waals surface area contributed by atoms with Gasteiger partial charge in [-0.1, -0.05) is 25.1 Å². The van der Waals surface area contributed by atoms with Crippen LogP contribution in [-0.4, -0.2) is 40.1 Å². The number of nitrogens with one attached hydrogen (secondary N) is 2. The quantitative estimate of drug-likeness (QED) is 0.649. The van der Waals surface area contributed by atoms with Crippen molar-refractivity contribution in [2.45, 2.75) is 39.2 Å². The zero-order valence-corrected chi connectivity index (χ0v) is 14.3. The molecule has 0 saturated carbocycles. The highest BCUT2D eigenvalue weighted by molar-refractivity contribution is 5.74. The Morgan fingerprint density at radius 1 is 1.33 bits per heavy atom. The average Bonchev–Trinajstić information content (AvgIpc) is 2.98. The van der Waals surface area contributed by atoms with E-state index in [0.717, 1.165) is 24.2 Å². The van der Waals surface area contributed by atoms with Crippen LogP contribution < -0.4 is 10.6 Å². The van der Waals surface area contributed by atoms with Crippen molar-refractivity contribution in [3.05, 3.63) is 47.8 Å². The van der Waals surface area contributed by atoms with Gasteiger partial charge in [-0.3, -0.25) is 0 Å². The van der Waals surface area contributed by atoms with Gasteiger partial charge in [-0.2, -0.15) is 5.10 Å². The lowest BCUT2D eigenvalue weighted by Crippen LogP contribution is -2.43. The Hall–Kier alpha value is -2.34. The molecular formula is C18H26N4O2. The Balaban J connectivity index is 1.79. The van der Waals surface area contributed by atoms with Crippen LogP contribution in [0.15, 0.2) is 36.5 Å². The van der Waals surface area contributed by atoms with Crippen molar-refractivity contribution in [3.63, 3.8) is 0 Å². The van der Waals surface area contributed by atoms with Gasteiger partial charge in [-0.25, -0.2) is 9.48 Å². The molecule has 1 atom stereocenters. The van der Waals surface area contributed by atoms with E-state index in [1.165, 1.54) is 5.56 Å². The van der Waals surface area contributed by atoms with Crippen molar-refractivity contribution in [1.82, 2.24) is 20.4 Å². The van der Waals surface area contributed by atoms with Gasteiger partial charge < -0.3 is 15.7 Å². The summed E-state index contributed by atoms with van der Waals surface area (Å²) < 4.78 is 1.89. The number of carbonyl (C=O) groups is 1. The van der Waals surface area contributed by atoms with Gasteiger partial charge >= 0.3 is 6.03 Å². The molecule has 0 bridgehead atoms. The molecule has 0 radical (unpaired) electrons. The number of urea groups is 1. The van der Waals surface area contributed by atoms with E-state index in [1.54, 1.807) is 0 Å². The van der Waals surface area contributed by atoms with Crippen molar-refractivity contribution >= 4 is 6.03 Å². The number of aryl methyl sites for hydroxylation is 2. The third-order valence-electron chi connectivity index (χ3n) is 3.98. The lowest BCUT2D eigenvalue weighted by atomic mass is 10.1. The van der Waals surface area contributed by atoms with Crippen LogP contribution in [0.3, 0.4) is 0 Å². The number of amides is 2. The van der Waals surface area contributed by atoms with Gasteiger partial charge in [0, 0.05) is 12.7 Å². The SMILES string of the molecule is CCC(CO)NC(=O)NCCCc1cn(-c2ccccc2)nc1C. The zero-order chi connectivity index (χ0) is 17.4. The topological polar surface area (TPSA) is 79.2 Å². The second-order valence-corrected chi connectivity index (χ2v) is 5.81. The normalized spacial score (nSPS) is 12.0. The van der Waals surface area contributed by atoms with Crippen LogP contribution in [0, 0.1) is 6.92 Å². The smallest absolute Gasteiger partial charge is 0.315 e. The largest absolute Gasteiger partial charge is 0.394 e. The first-order valence-electron chi connectivity index (χ1n) is 8.39. The lowest BCUT2D eigenvalue weighted by Gasteiger charge is -2.14. The van der Waals surface area contributed by atoms with Crippen LogP contribution in [0.5, 0.6) is 0 Å². The van der Waals surface area contributed by atoms with Gasteiger partial charge in [-0.15, -0.1) is 0 Å². The fraction of sp³-hybridized carbons (Fsp3) is 0.444. The fourth-order valence-electron chi connectivity index (χ4n) is 2.45. The number of para-hydroxylation sites is 1. The molecule has 2 rings (SSSR count). The number of carbonyl (C=O) groups excluding carboxylic acids is 1. The van der Waals surface area contributed by atoms with Gasteiger partial charge in [0.2, 0.25) is 0 Å². The van der Waals surface area contributed by atoms with Crippen LogP contribution in [0.4, 0.5) is 4.79 Å². The summed E-state index contributed by atoms with van der Waals surface area (Å²) >= 11 is 0. The van der Waals surface area contributed by atoms with Crippen LogP contribution in [0.2, 0.25) is 0 Å². The van der Waals surface area contributed by atoms with E-state index >= 15 is 0 Å². The van der Waals surface area contributed by atoms with Crippen molar-refractivity contribution in [1.29, 1.82) is 0 Å². The molecule has 24 heavy (non-hydrogen) atoms. The van der Waals surface area contributed by atoms with Gasteiger partial charge in [0.05, 0.1) is 24.0 Å². The summed E-state index contributed by atoms with van der Waals surface area (Å²) in [4.78, 5) is 11.7. The Kier molecular flexibility index (Phi) is 6.81. The molecule has 6 nitrogen and oxygen atoms in total. The van der Waals surface area contributed by atoms with Crippen LogP contribution in [0.25, 0.3) is 5.69 Å².